The number of fused-ring (bicyclic) bond motifs is 1. The van der Waals surface area contributed by atoms with Crippen molar-refractivity contribution in [1.29, 1.82) is 0 Å². The van der Waals surface area contributed by atoms with Gasteiger partial charge in [0.25, 0.3) is 5.91 Å². The fraction of sp³-hybridized carbons (Fsp3) is 0.125. The maximum Gasteiger partial charge on any atom is 0.253 e. The SMILES string of the molecule is CN(Cc1ccc2ccccc2c1)C(=O)c1ccc(S(=O)(=O)NCc2ccco2)cc1. The smallest absolute Gasteiger partial charge is 0.253 e. The molecule has 0 saturated carbocycles. The lowest BCUT2D eigenvalue weighted by atomic mass is 10.1. The molecule has 0 unspecified atom stereocenters. The zero-order chi connectivity index (χ0) is 21.8. The Morgan fingerprint density at radius 1 is 0.935 bits per heavy atom. The summed E-state index contributed by atoms with van der Waals surface area (Å²) in [5, 5.41) is 2.27. The van der Waals surface area contributed by atoms with E-state index in [-0.39, 0.29) is 17.3 Å². The molecule has 0 radical (unpaired) electrons. The Hall–Kier alpha value is -3.42. The lowest BCUT2D eigenvalue weighted by Crippen LogP contribution is -2.26. The summed E-state index contributed by atoms with van der Waals surface area (Å²) in [4.78, 5) is 14.5. The van der Waals surface area contributed by atoms with Crippen LogP contribution in [0.3, 0.4) is 0 Å². The van der Waals surface area contributed by atoms with E-state index in [1.807, 2.05) is 36.4 Å². The van der Waals surface area contributed by atoms with E-state index in [1.165, 1.54) is 30.5 Å². The van der Waals surface area contributed by atoms with Crippen molar-refractivity contribution in [2.45, 2.75) is 18.0 Å². The highest BCUT2D eigenvalue weighted by Crippen LogP contribution is 2.18. The van der Waals surface area contributed by atoms with Gasteiger partial charge in [-0.05, 0) is 58.8 Å². The molecule has 158 valence electrons. The van der Waals surface area contributed by atoms with Crippen molar-refractivity contribution in [2.75, 3.05) is 7.05 Å². The number of benzene rings is 3. The standard InChI is InChI=1S/C24H22N2O4S/c1-26(17-18-8-9-19-5-2-3-6-21(19)15-18)24(27)20-10-12-23(13-11-20)31(28,29)25-16-22-7-4-14-30-22/h2-15,25H,16-17H2,1H3. The van der Waals surface area contributed by atoms with E-state index in [0.29, 0.717) is 17.9 Å². The van der Waals surface area contributed by atoms with Gasteiger partial charge in [-0.1, -0.05) is 36.4 Å². The van der Waals surface area contributed by atoms with Crippen LogP contribution < -0.4 is 4.72 Å². The molecule has 6 nitrogen and oxygen atoms in total. The van der Waals surface area contributed by atoms with Crippen LogP contribution in [0.2, 0.25) is 0 Å². The molecule has 31 heavy (non-hydrogen) atoms. The van der Waals surface area contributed by atoms with Crippen LogP contribution in [-0.2, 0) is 23.1 Å². The molecular weight excluding hydrogens is 412 g/mol. The fourth-order valence-corrected chi connectivity index (χ4v) is 4.34. The molecular formula is C24H22N2O4S. The first-order valence-electron chi connectivity index (χ1n) is 9.78. The van der Waals surface area contributed by atoms with Gasteiger partial charge in [0.1, 0.15) is 5.76 Å². The minimum atomic E-state index is -3.70. The second-order valence-electron chi connectivity index (χ2n) is 7.27. The largest absolute Gasteiger partial charge is 0.468 e. The van der Waals surface area contributed by atoms with Crippen LogP contribution in [-0.4, -0.2) is 26.3 Å². The van der Waals surface area contributed by atoms with Crippen molar-refractivity contribution in [1.82, 2.24) is 9.62 Å². The highest BCUT2D eigenvalue weighted by atomic mass is 32.2. The third-order valence-corrected chi connectivity index (χ3v) is 6.43. The van der Waals surface area contributed by atoms with E-state index >= 15 is 0 Å². The normalized spacial score (nSPS) is 11.5. The van der Waals surface area contributed by atoms with Crippen LogP contribution >= 0.6 is 0 Å². The molecule has 1 N–H and O–H groups in total. The Labute approximate surface area is 181 Å². The first-order chi connectivity index (χ1) is 14.9. The molecule has 0 atom stereocenters. The number of nitrogens with zero attached hydrogens (tertiary/aromatic N) is 1. The van der Waals surface area contributed by atoms with E-state index in [0.717, 1.165) is 16.3 Å². The number of amides is 1. The molecule has 0 aliphatic rings. The van der Waals surface area contributed by atoms with Gasteiger partial charge in [-0.3, -0.25) is 4.79 Å². The number of sulfonamides is 1. The molecule has 4 rings (SSSR count). The van der Waals surface area contributed by atoms with Crippen LogP contribution in [0.1, 0.15) is 21.7 Å². The second kappa shape index (κ2) is 8.75. The molecule has 0 fully saturated rings. The lowest BCUT2D eigenvalue weighted by Gasteiger charge is -2.18. The van der Waals surface area contributed by atoms with Gasteiger partial charge < -0.3 is 9.32 Å². The average molecular weight is 435 g/mol. The topological polar surface area (TPSA) is 79.6 Å². The van der Waals surface area contributed by atoms with Gasteiger partial charge in [-0.2, -0.15) is 0 Å². The number of carbonyl (C=O) groups is 1. The quantitative estimate of drug-likeness (QED) is 0.473. The summed E-state index contributed by atoms with van der Waals surface area (Å²) in [5.74, 6) is 0.339. The summed E-state index contributed by atoms with van der Waals surface area (Å²) >= 11 is 0. The molecule has 0 saturated heterocycles. The monoisotopic (exact) mass is 434 g/mol. The molecule has 0 spiro atoms. The van der Waals surface area contributed by atoms with Gasteiger partial charge in [0.2, 0.25) is 10.0 Å². The number of rotatable bonds is 7. The minimum absolute atomic E-state index is 0.0600. The molecule has 1 amide bonds. The number of furan rings is 1. The molecule has 1 aromatic heterocycles. The van der Waals surface area contributed by atoms with E-state index in [2.05, 4.69) is 10.8 Å². The number of nitrogens with one attached hydrogen (secondary N) is 1. The van der Waals surface area contributed by atoms with Gasteiger partial charge in [-0.15, -0.1) is 0 Å². The van der Waals surface area contributed by atoms with E-state index in [1.54, 1.807) is 24.1 Å². The summed E-state index contributed by atoms with van der Waals surface area (Å²) in [6.07, 6.45) is 1.48. The Bertz CT molecular complexity index is 1300. The fourth-order valence-electron chi connectivity index (χ4n) is 3.34. The zero-order valence-electron chi connectivity index (χ0n) is 17.0. The highest BCUT2D eigenvalue weighted by Gasteiger charge is 2.17. The zero-order valence-corrected chi connectivity index (χ0v) is 17.8. The van der Waals surface area contributed by atoms with Crippen molar-refractivity contribution in [2.24, 2.45) is 0 Å². The molecule has 3 aromatic carbocycles. The summed E-state index contributed by atoms with van der Waals surface area (Å²) in [5.41, 5.74) is 1.45. The molecule has 0 aliphatic heterocycles. The van der Waals surface area contributed by atoms with E-state index < -0.39 is 10.0 Å². The van der Waals surface area contributed by atoms with E-state index in [4.69, 9.17) is 4.42 Å². The molecule has 1 heterocycles. The van der Waals surface area contributed by atoms with Crippen LogP contribution in [0.25, 0.3) is 10.8 Å². The Morgan fingerprint density at radius 3 is 2.39 bits per heavy atom. The molecule has 4 aromatic rings. The van der Waals surface area contributed by atoms with Crippen LogP contribution in [0.15, 0.2) is 94.4 Å². The Kier molecular flexibility index (Phi) is 5.88. The summed E-state index contributed by atoms with van der Waals surface area (Å²) in [6, 6.07) is 23.5. The summed E-state index contributed by atoms with van der Waals surface area (Å²) < 4.78 is 32.5. The molecule has 7 heteroatoms. The van der Waals surface area contributed by atoms with Crippen molar-refractivity contribution < 1.29 is 17.6 Å². The maximum absolute atomic E-state index is 12.8. The van der Waals surface area contributed by atoms with E-state index in [9.17, 15) is 13.2 Å². The maximum atomic E-state index is 12.8. The molecule has 0 aliphatic carbocycles. The van der Waals surface area contributed by atoms with Gasteiger partial charge in [-0.25, -0.2) is 13.1 Å². The van der Waals surface area contributed by atoms with Gasteiger partial charge in [0.05, 0.1) is 17.7 Å². The van der Waals surface area contributed by atoms with Crippen LogP contribution in [0, 0.1) is 0 Å². The number of hydrogen-bond acceptors (Lipinski definition) is 4. The third kappa shape index (κ3) is 4.84. The number of carbonyl (C=O) groups excluding carboxylic acids is 1. The summed E-state index contributed by atoms with van der Waals surface area (Å²) in [6.45, 7) is 0.513. The Balaban J connectivity index is 1.43. The van der Waals surface area contributed by atoms with Gasteiger partial charge >= 0.3 is 0 Å². The molecule has 0 bridgehead atoms. The predicted molar refractivity (Wildman–Crippen MR) is 119 cm³/mol. The van der Waals surface area contributed by atoms with Gasteiger partial charge in [0, 0.05) is 19.2 Å². The third-order valence-electron chi connectivity index (χ3n) is 5.01. The first-order valence-corrected chi connectivity index (χ1v) is 11.3. The second-order valence-corrected chi connectivity index (χ2v) is 9.04. The Morgan fingerprint density at radius 2 is 1.68 bits per heavy atom. The average Bonchev–Trinajstić information content (AvgIpc) is 3.31. The van der Waals surface area contributed by atoms with Crippen molar-refractivity contribution >= 4 is 26.7 Å². The highest BCUT2D eigenvalue weighted by molar-refractivity contribution is 7.89. The summed E-state index contributed by atoms with van der Waals surface area (Å²) in [7, 11) is -1.97. The van der Waals surface area contributed by atoms with Crippen molar-refractivity contribution in [3.05, 3.63) is 102 Å². The minimum Gasteiger partial charge on any atom is -0.468 e. The first kappa shape index (κ1) is 20.8. The lowest BCUT2D eigenvalue weighted by molar-refractivity contribution is 0.0785. The van der Waals surface area contributed by atoms with Gasteiger partial charge in [0.15, 0.2) is 0 Å². The van der Waals surface area contributed by atoms with Crippen LogP contribution in [0.5, 0.6) is 0 Å². The number of hydrogen-bond donors (Lipinski definition) is 1. The predicted octanol–water partition coefficient (Wildman–Crippen LogP) is 4.18. The van der Waals surface area contributed by atoms with Crippen LogP contribution in [0.4, 0.5) is 0 Å². The van der Waals surface area contributed by atoms with Crippen molar-refractivity contribution in [3.8, 4) is 0 Å². The van der Waals surface area contributed by atoms with Crippen molar-refractivity contribution in [3.63, 3.8) is 0 Å².